The smallest absolute Gasteiger partial charge is 0.328 e. The Bertz CT molecular complexity index is 753. The van der Waals surface area contributed by atoms with E-state index in [1.165, 1.54) is 19.2 Å². The van der Waals surface area contributed by atoms with E-state index in [9.17, 15) is 14.0 Å². The molecule has 0 fully saturated rings. The summed E-state index contributed by atoms with van der Waals surface area (Å²) >= 11 is 0. The van der Waals surface area contributed by atoms with Crippen LogP contribution in [0.2, 0.25) is 0 Å². The lowest BCUT2D eigenvalue weighted by Crippen LogP contribution is -2.42. The van der Waals surface area contributed by atoms with Gasteiger partial charge in [-0.3, -0.25) is 9.78 Å². The summed E-state index contributed by atoms with van der Waals surface area (Å²) in [5.41, 5.74) is -0.703. The fourth-order valence-electron chi connectivity index (χ4n) is 2.01. The molecular weight excluding hydrogens is 299 g/mol. The topological polar surface area (TPSA) is 68.3 Å². The Morgan fingerprint density at radius 3 is 2.61 bits per heavy atom. The second kappa shape index (κ2) is 6.32. The van der Waals surface area contributed by atoms with Crippen molar-refractivity contribution >= 4 is 22.8 Å². The molecule has 0 radical (unpaired) electrons. The van der Waals surface area contributed by atoms with Crippen molar-refractivity contribution in [2.45, 2.75) is 39.3 Å². The van der Waals surface area contributed by atoms with Crippen molar-refractivity contribution in [3.63, 3.8) is 0 Å². The molecule has 0 aliphatic rings. The number of nitrogens with zero attached hydrogens (tertiary/aromatic N) is 1. The van der Waals surface area contributed by atoms with Crippen molar-refractivity contribution in [2.24, 2.45) is 0 Å². The summed E-state index contributed by atoms with van der Waals surface area (Å²) in [6.45, 7) is 6.68. The van der Waals surface area contributed by atoms with Gasteiger partial charge in [-0.2, -0.15) is 0 Å². The van der Waals surface area contributed by atoms with Crippen molar-refractivity contribution < 1.29 is 18.7 Å². The van der Waals surface area contributed by atoms with E-state index in [1.54, 1.807) is 39.0 Å². The number of amides is 1. The molecule has 6 heteroatoms. The number of rotatable bonds is 3. The molecule has 1 aromatic heterocycles. The molecule has 0 aliphatic heterocycles. The van der Waals surface area contributed by atoms with Gasteiger partial charge in [0.25, 0.3) is 5.91 Å². The number of ether oxygens (including phenoxy) is 1. The third-order valence-electron chi connectivity index (χ3n) is 3.07. The largest absolute Gasteiger partial charge is 0.458 e. The first-order valence-electron chi connectivity index (χ1n) is 7.26. The average Bonchev–Trinajstić information content (AvgIpc) is 2.46. The van der Waals surface area contributed by atoms with Crippen molar-refractivity contribution in [3.05, 3.63) is 41.8 Å². The third-order valence-corrected chi connectivity index (χ3v) is 3.07. The number of esters is 1. The van der Waals surface area contributed by atoms with Crippen LogP contribution in [0.25, 0.3) is 10.9 Å². The molecule has 0 unspecified atom stereocenters. The molecule has 0 spiro atoms. The number of halogens is 1. The van der Waals surface area contributed by atoms with Crippen LogP contribution in [-0.4, -0.2) is 28.5 Å². The Labute approximate surface area is 133 Å². The van der Waals surface area contributed by atoms with E-state index < -0.39 is 29.3 Å². The molecular formula is C17H19FN2O3. The number of aromatic nitrogens is 1. The first kappa shape index (κ1) is 16.9. The lowest BCUT2D eigenvalue weighted by atomic mass is 10.1. The minimum Gasteiger partial charge on any atom is -0.458 e. The summed E-state index contributed by atoms with van der Waals surface area (Å²) < 4.78 is 19.6. The van der Waals surface area contributed by atoms with E-state index >= 15 is 0 Å². The SMILES string of the molecule is C[C@H](NC(=O)c1ccc2cccnc2c1F)C(=O)OC(C)(C)C. The Balaban J connectivity index is 2.18. The Morgan fingerprint density at radius 1 is 1.26 bits per heavy atom. The molecule has 5 nitrogen and oxygen atoms in total. The van der Waals surface area contributed by atoms with Crippen LogP contribution in [-0.2, 0) is 9.53 Å². The number of fused-ring (bicyclic) bond motifs is 1. The summed E-state index contributed by atoms with van der Waals surface area (Å²) in [7, 11) is 0. The summed E-state index contributed by atoms with van der Waals surface area (Å²) in [6.07, 6.45) is 1.45. The highest BCUT2D eigenvalue weighted by Crippen LogP contribution is 2.19. The lowest BCUT2D eigenvalue weighted by molar-refractivity contribution is -0.156. The van der Waals surface area contributed by atoms with E-state index in [4.69, 9.17) is 4.74 Å². The molecule has 2 rings (SSSR count). The first-order chi connectivity index (χ1) is 10.7. The van der Waals surface area contributed by atoms with Crippen molar-refractivity contribution in [3.8, 4) is 0 Å². The molecule has 1 N–H and O–H groups in total. The standard InChI is InChI=1S/C17H19FN2O3/c1-10(16(22)23-17(2,3)4)20-15(21)12-8-7-11-6-5-9-19-14(11)13(12)18/h5-10H,1-4H3,(H,20,21)/t10-/m0/s1. The predicted molar refractivity (Wildman–Crippen MR) is 84.5 cm³/mol. The molecule has 23 heavy (non-hydrogen) atoms. The molecule has 0 saturated heterocycles. The van der Waals surface area contributed by atoms with Crippen LogP contribution in [0.3, 0.4) is 0 Å². The van der Waals surface area contributed by atoms with Gasteiger partial charge in [0.2, 0.25) is 0 Å². The van der Waals surface area contributed by atoms with Crippen LogP contribution >= 0.6 is 0 Å². The van der Waals surface area contributed by atoms with Crippen molar-refractivity contribution in [1.82, 2.24) is 10.3 Å². The average molecular weight is 318 g/mol. The number of hydrogen-bond donors (Lipinski definition) is 1. The van der Waals surface area contributed by atoms with Gasteiger partial charge < -0.3 is 10.1 Å². The zero-order valence-corrected chi connectivity index (χ0v) is 13.5. The molecule has 0 saturated carbocycles. The Morgan fingerprint density at radius 2 is 1.96 bits per heavy atom. The van der Waals surface area contributed by atoms with E-state index in [-0.39, 0.29) is 11.1 Å². The van der Waals surface area contributed by atoms with Crippen LogP contribution in [0, 0.1) is 5.82 Å². The van der Waals surface area contributed by atoms with Crippen LogP contribution in [0.15, 0.2) is 30.5 Å². The van der Waals surface area contributed by atoms with Gasteiger partial charge in [0.1, 0.15) is 17.2 Å². The highest BCUT2D eigenvalue weighted by molar-refractivity contribution is 6.00. The van der Waals surface area contributed by atoms with Gasteiger partial charge in [-0.15, -0.1) is 0 Å². The van der Waals surface area contributed by atoms with Crippen LogP contribution in [0.4, 0.5) is 4.39 Å². The fraction of sp³-hybridized carbons (Fsp3) is 0.353. The highest BCUT2D eigenvalue weighted by Gasteiger charge is 2.24. The highest BCUT2D eigenvalue weighted by atomic mass is 19.1. The minimum atomic E-state index is -0.888. The second-order valence-corrected chi connectivity index (χ2v) is 6.23. The van der Waals surface area contributed by atoms with Gasteiger partial charge in [0.05, 0.1) is 5.56 Å². The maximum atomic E-state index is 14.4. The summed E-state index contributed by atoms with van der Waals surface area (Å²) in [4.78, 5) is 28.0. The van der Waals surface area contributed by atoms with E-state index in [0.29, 0.717) is 5.39 Å². The van der Waals surface area contributed by atoms with Gasteiger partial charge >= 0.3 is 5.97 Å². The van der Waals surface area contributed by atoms with Gasteiger partial charge in [0.15, 0.2) is 5.82 Å². The van der Waals surface area contributed by atoms with Gasteiger partial charge in [-0.05, 0) is 39.8 Å². The third kappa shape index (κ3) is 4.03. The first-order valence-corrected chi connectivity index (χ1v) is 7.26. The number of pyridine rings is 1. The van der Waals surface area contributed by atoms with Crippen LogP contribution in [0.5, 0.6) is 0 Å². The number of nitrogens with one attached hydrogen (secondary N) is 1. The molecule has 0 bridgehead atoms. The van der Waals surface area contributed by atoms with E-state index in [2.05, 4.69) is 10.3 Å². The number of carbonyl (C=O) groups is 2. The number of hydrogen-bond acceptors (Lipinski definition) is 4. The summed E-state index contributed by atoms with van der Waals surface area (Å²) in [5, 5.41) is 3.04. The maximum absolute atomic E-state index is 14.4. The molecule has 0 aliphatic carbocycles. The van der Waals surface area contributed by atoms with E-state index in [0.717, 1.165) is 0 Å². The predicted octanol–water partition coefficient (Wildman–Crippen LogP) is 2.83. The summed E-state index contributed by atoms with van der Waals surface area (Å²) in [6, 6.07) is 5.48. The zero-order chi connectivity index (χ0) is 17.2. The zero-order valence-electron chi connectivity index (χ0n) is 13.5. The minimum absolute atomic E-state index is 0.116. The molecule has 1 atom stereocenters. The monoisotopic (exact) mass is 318 g/mol. The normalized spacial score (nSPS) is 12.7. The van der Waals surface area contributed by atoms with E-state index in [1.807, 2.05) is 0 Å². The molecule has 1 heterocycles. The van der Waals surface area contributed by atoms with Gasteiger partial charge in [-0.1, -0.05) is 12.1 Å². The quantitative estimate of drug-likeness (QED) is 0.884. The molecule has 1 aromatic carbocycles. The Hall–Kier alpha value is -2.50. The maximum Gasteiger partial charge on any atom is 0.328 e. The van der Waals surface area contributed by atoms with Crippen LogP contribution < -0.4 is 5.32 Å². The molecule has 2 aromatic rings. The van der Waals surface area contributed by atoms with Crippen molar-refractivity contribution in [2.75, 3.05) is 0 Å². The second-order valence-electron chi connectivity index (χ2n) is 6.23. The van der Waals surface area contributed by atoms with Gasteiger partial charge in [0, 0.05) is 11.6 Å². The summed E-state index contributed by atoms with van der Waals surface area (Å²) in [5.74, 6) is -1.98. The molecule has 122 valence electrons. The van der Waals surface area contributed by atoms with Gasteiger partial charge in [-0.25, -0.2) is 9.18 Å². The lowest BCUT2D eigenvalue weighted by Gasteiger charge is -2.22. The number of carbonyl (C=O) groups excluding carboxylic acids is 2. The number of benzene rings is 1. The fourth-order valence-corrected chi connectivity index (χ4v) is 2.01. The molecule has 1 amide bonds. The Kier molecular flexibility index (Phi) is 4.63. The van der Waals surface area contributed by atoms with Crippen molar-refractivity contribution in [1.29, 1.82) is 0 Å². The van der Waals surface area contributed by atoms with Crippen LogP contribution in [0.1, 0.15) is 38.1 Å².